The van der Waals surface area contributed by atoms with Crippen molar-refractivity contribution in [1.82, 2.24) is 19.9 Å². The second-order valence-electron chi connectivity index (χ2n) is 9.06. The molecular formula is C24H36FN7O. The zero-order valence-electron chi connectivity index (χ0n) is 19.8. The van der Waals surface area contributed by atoms with Gasteiger partial charge in [-0.1, -0.05) is 32.6 Å². The number of anilines is 3. The molecule has 1 saturated carbocycles. The number of halogens is 1. The number of nitrogens with zero attached hydrogens (tertiary/aromatic N) is 5. The van der Waals surface area contributed by atoms with Crippen molar-refractivity contribution in [3.8, 4) is 5.75 Å². The van der Waals surface area contributed by atoms with Crippen molar-refractivity contribution in [3.05, 3.63) is 29.8 Å². The van der Waals surface area contributed by atoms with Crippen molar-refractivity contribution in [2.45, 2.75) is 70.3 Å². The van der Waals surface area contributed by atoms with Crippen molar-refractivity contribution >= 4 is 17.6 Å². The first-order chi connectivity index (χ1) is 16.1. The molecule has 1 unspecified atom stereocenters. The van der Waals surface area contributed by atoms with Crippen LogP contribution >= 0.6 is 0 Å². The summed E-state index contributed by atoms with van der Waals surface area (Å²) < 4.78 is 19.2. The number of hydrogen-bond donors (Lipinski definition) is 2. The van der Waals surface area contributed by atoms with Gasteiger partial charge in [0.1, 0.15) is 5.82 Å². The van der Waals surface area contributed by atoms with Gasteiger partial charge in [-0.2, -0.15) is 15.0 Å². The predicted octanol–water partition coefficient (Wildman–Crippen LogP) is 4.37. The van der Waals surface area contributed by atoms with Gasteiger partial charge in [0, 0.05) is 23.7 Å². The largest absolute Gasteiger partial charge is 0.494 e. The number of nitrogens with two attached hydrogens (primary N) is 1. The van der Waals surface area contributed by atoms with Crippen LogP contribution in [-0.4, -0.2) is 52.6 Å². The Bertz CT molecular complexity index is 920. The van der Waals surface area contributed by atoms with Crippen molar-refractivity contribution in [2.24, 2.45) is 5.84 Å². The fourth-order valence-corrected chi connectivity index (χ4v) is 4.99. The molecule has 2 aromatic rings. The summed E-state index contributed by atoms with van der Waals surface area (Å²) in [6, 6.07) is 5.10. The summed E-state index contributed by atoms with van der Waals surface area (Å²) in [5, 5.41) is 4.80. The highest BCUT2D eigenvalue weighted by Gasteiger charge is 2.26. The Labute approximate surface area is 195 Å². The third-order valence-corrected chi connectivity index (χ3v) is 6.84. The van der Waals surface area contributed by atoms with Crippen LogP contribution in [0.2, 0.25) is 0 Å². The van der Waals surface area contributed by atoms with Crippen LogP contribution in [0, 0.1) is 5.82 Å². The molecule has 1 saturated heterocycles. The molecule has 0 amide bonds. The average Bonchev–Trinajstić information content (AvgIpc) is 3.08. The summed E-state index contributed by atoms with van der Waals surface area (Å²) in [7, 11) is 1.45. The standard InChI is InChI=1S/C24H36FN7O/c1-3-31-14-8-11-19(31)16-32(26)24-29-22(17-9-6-4-5-7-10-17)28-23(30-24)27-18-12-13-21(33-2)20(25)15-18/h12-13,15,17,19H,3-11,14,16,26H2,1-2H3,(H,27,28,29,30). The van der Waals surface area contributed by atoms with Crippen LogP contribution in [0.4, 0.5) is 22.0 Å². The zero-order chi connectivity index (χ0) is 23.2. The minimum absolute atomic E-state index is 0.196. The van der Waals surface area contributed by atoms with Gasteiger partial charge >= 0.3 is 0 Å². The fraction of sp³-hybridized carbons (Fsp3) is 0.625. The molecule has 1 aromatic carbocycles. The number of benzene rings is 1. The second kappa shape index (κ2) is 11.1. The van der Waals surface area contributed by atoms with Crippen LogP contribution in [0.5, 0.6) is 5.75 Å². The van der Waals surface area contributed by atoms with Crippen LogP contribution in [0.25, 0.3) is 0 Å². The van der Waals surface area contributed by atoms with Crippen LogP contribution < -0.4 is 20.9 Å². The molecule has 1 aliphatic heterocycles. The van der Waals surface area contributed by atoms with Gasteiger partial charge in [0.15, 0.2) is 11.6 Å². The van der Waals surface area contributed by atoms with E-state index in [2.05, 4.69) is 22.1 Å². The van der Waals surface area contributed by atoms with Crippen LogP contribution in [0.3, 0.4) is 0 Å². The Hall–Kier alpha value is -2.52. The molecular weight excluding hydrogens is 421 g/mol. The smallest absolute Gasteiger partial charge is 0.244 e. The lowest BCUT2D eigenvalue weighted by atomic mass is 10.00. The van der Waals surface area contributed by atoms with E-state index in [0.717, 1.165) is 38.2 Å². The first-order valence-electron chi connectivity index (χ1n) is 12.2. The minimum atomic E-state index is -0.442. The summed E-state index contributed by atoms with van der Waals surface area (Å²) >= 11 is 0. The number of hydrogen-bond acceptors (Lipinski definition) is 8. The van der Waals surface area contributed by atoms with E-state index in [1.54, 1.807) is 17.1 Å². The Morgan fingerprint density at radius 1 is 1.12 bits per heavy atom. The molecule has 2 fully saturated rings. The number of rotatable bonds is 8. The SMILES string of the molecule is CCN1CCCC1CN(N)c1nc(Nc2ccc(OC)c(F)c2)nc(C2CCCCCC2)n1. The molecule has 33 heavy (non-hydrogen) atoms. The molecule has 9 heteroatoms. The van der Waals surface area contributed by atoms with Gasteiger partial charge < -0.3 is 10.1 Å². The molecule has 0 bridgehead atoms. The first kappa shape index (κ1) is 23.6. The third-order valence-electron chi connectivity index (χ3n) is 6.84. The van der Waals surface area contributed by atoms with E-state index in [1.165, 1.54) is 45.3 Å². The Morgan fingerprint density at radius 2 is 1.91 bits per heavy atom. The topological polar surface area (TPSA) is 92.4 Å². The van der Waals surface area contributed by atoms with Crippen LogP contribution in [0.15, 0.2) is 18.2 Å². The van der Waals surface area contributed by atoms with Crippen LogP contribution in [-0.2, 0) is 0 Å². The minimum Gasteiger partial charge on any atom is -0.494 e. The number of nitrogens with one attached hydrogen (secondary N) is 1. The molecule has 1 atom stereocenters. The Morgan fingerprint density at radius 3 is 2.61 bits per heavy atom. The number of methoxy groups -OCH3 is 1. The number of hydrazine groups is 1. The monoisotopic (exact) mass is 457 g/mol. The molecule has 3 N–H and O–H groups in total. The summed E-state index contributed by atoms with van der Waals surface area (Å²) in [6.07, 6.45) is 9.30. The van der Waals surface area contributed by atoms with E-state index in [1.807, 2.05) is 0 Å². The molecule has 0 spiro atoms. The van der Waals surface area contributed by atoms with Gasteiger partial charge in [0.25, 0.3) is 0 Å². The van der Waals surface area contributed by atoms with Crippen molar-refractivity contribution in [1.29, 1.82) is 0 Å². The van der Waals surface area contributed by atoms with Gasteiger partial charge in [0.05, 0.1) is 13.7 Å². The lowest BCUT2D eigenvalue weighted by Crippen LogP contribution is -2.44. The summed E-state index contributed by atoms with van der Waals surface area (Å²) in [4.78, 5) is 16.6. The molecule has 1 aliphatic carbocycles. The van der Waals surface area contributed by atoms with Gasteiger partial charge in [-0.3, -0.25) is 9.91 Å². The molecule has 2 aliphatic rings. The molecule has 2 heterocycles. The molecule has 180 valence electrons. The first-order valence-corrected chi connectivity index (χ1v) is 12.2. The zero-order valence-corrected chi connectivity index (χ0v) is 19.8. The van der Waals surface area contributed by atoms with Gasteiger partial charge in [0.2, 0.25) is 11.9 Å². The van der Waals surface area contributed by atoms with E-state index in [-0.39, 0.29) is 11.7 Å². The maximum atomic E-state index is 14.2. The molecule has 4 rings (SSSR count). The normalized spacial score (nSPS) is 19.9. The fourth-order valence-electron chi connectivity index (χ4n) is 4.99. The van der Waals surface area contributed by atoms with E-state index < -0.39 is 5.82 Å². The number of likely N-dealkylation sites (N-methyl/N-ethyl adjacent to an activating group) is 1. The summed E-state index contributed by atoms with van der Waals surface area (Å²) in [5.41, 5.74) is 0.550. The van der Waals surface area contributed by atoms with Gasteiger partial charge in [-0.25, -0.2) is 10.2 Å². The molecule has 1 aromatic heterocycles. The highest BCUT2D eigenvalue weighted by atomic mass is 19.1. The quantitative estimate of drug-likeness (QED) is 0.343. The predicted molar refractivity (Wildman–Crippen MR) is 128 cm³/mol. The Balaban J connectivity index is 1.60. The maximum Gasteiger partial charge on any atom is 0.244 e. The van der Waals surface area contributed by atoms with E-state index in [0.29, 0.717) is 30.2 Å². The highest BCUT2D eigenvalue weighted by Crippen LogP contribution is 2.31. The number of likely N-dealkylation sites (tertiary alicyclic amines) is 1. The maximum absolute atomic E-state index is 14.2. The Kier molecular flexibility index (Phi) is 7.93. The second-order valence-corrected chi connectivity index (χ2v) is 9.06. The van der Waals surface area contributed by atoms with Gasteiger partial charge in [-0.05, 0) is 50.9 Å². The number of ether oxygens (including phenoxy) is 1. The summed E-state index contributed by atoms with van der Waals surface area (Å²) in [5.74, 6) is 8.15. The van der Waals surface area contributed by atoms with Crippen LogP contribution in [0.1, 0.15) is 70.0 Å². The summed E-state index contributed by atoms with van der Waals surface area (Å²) in [6.45, 7) is 4.97. The third kappa shape index (κ3) is 5.89. The van der Waals surface area contributed by atoms with E-state index >= 15 is 0 Å². The lowest BCUT2D eigenvalue weighted by Gasteiger charge is -2.27. The average molecular weight is 458 g/mol. The number of aromatic nitrogens is 3. The van der Waals surface area contributed by atoms with E-state index in [4.69, 9.17) is 20.5 Å². The molecule has 8 nitrogen and oxygen atoms in total. The molecule has 0 radical (unpaired) electrons. The lowest BCUT2D eigenvalue weighted by molar-refractivity contribution is 0.268. The van der Waals surface area contributed by atoms with Crippen molar-refractivity contribution in [3.63, 3.8) is 0 Å². The van der Waals surface area contributed by atoms with Crippen molar-refractivity contribution in [2.75, 3.05) is 37.1 Å². The highest BCUT2D eigenvalue weighted by molar-refractivity contribution is 5.56. The van der Waals surface area contributed by atoms with E-state index in [9.17, 15) is 4.39 Å². The van der Waals surface area contributed by atoms with Gasteiger partial charge in [-0.15, -0.1) is 0 Å². The van der Waals surface area contributed by atoms with Crippen molar-refractivity contribution < 1.29 is 9.13 Å².